The van der Waals surface area contributed by atoms with Gasteiger partial charge in [0.05, 0.1) is 13.2 Å². The van der Waals surface area contributed by atoms with Crippen LogP contribution in [0, 0.1) is 5.92 Å². The molecular weight excluding hydrogens is 446 g/mol. The molecule has 184 valence electrons. The lowest BCUT2D eigenvalue weighted by molar-refractivity contribution is -0.125. The fraction of sp³-hybridized carbons (Fsp3) is 0.536. The highest BCUT2D eigenvalue weighted by atomic mass is 35.5. The zero-order valence-corrected chi connectivity index (χ0v) is 21.0. The lowest BCUT2D eigenvalue weighted by Crippen LogP contribution is -2.43. The number of hydrogen-bond donors (Lipinski definition) is 2. The Morgan fingerprint density at radius 2 is 1.85 bits per heavy atom. The van der Waals surface area contributed by atoms with Gasteiger partial charge in [0.25, 0.3) is 0 Å². The SMILES string of the molecule is COc1ccc(CN[C@H]2C[C@@H](C(=O)NCCC3CCCCC3)N(Cc3ccccc3Cl)C2)cc1. The number of carbonyl (C=O) groups excluding carboxylic acids is 1. The summed E-state index contributed by atoms with van der Waals surface area (Å²) in [5.74, 6) is 1.79. The van der Waals surface area contributed by atoms with E-state index in [2.05, 4.69) is 33.7 Å². The van der Waals surface area contributed by atoms with Crippen molar-refractivity contribution in [2.45, 2.75) is 70.1 Å². The molecule has 6 heteroatoms. The van der Waals surface area contributed by atoms with Gasteiger partial charge in [0.15, 0.2) is 0 Å². The number of likely N-dealkylation sites (tertiary alicyclic amines) is 1. The first-order valence-electron chi connectivity index (χ1n) is 12.7. The maximum absolute atomic E-state index is 13.2. The Hall–Kier alpha value is -2.08. The molecule has 2 aromatic rings. The molecular formula is C28H38ClN3O2. The molecule has 2 aromatic carbocycles. The van der Waals surface area contributed by atoms with Crippen LogP contribution >= 0.6 is 11.6 Å². The molecule has 0 aromatic heterocycles. The first kappa shape index (κ1) is 25.0. The largest absolute Gasteiger partial charge is 0.497 e. The second-order valence-corrected chi connectivity index (χ2v) is 10.2. The molecule has 2 aliphatic rings. The molecule has 1 heterocycles. The van der Waals surface area contributed by atoms with Crippen LogP contribution in [0.3, 0.4) is 0 Å². The summed E-state index contributed by atoms with van der Waals surface area (Å²) in [4.78, 5) is 15.5. The lowest BCUT2D eigenvalue weighted by atomic mass is 9.87. The highest BCUT2D eigenvalue weighted by Crippen LogP contribution is 2.27. The van der Waals surface area contributed by atoms with E-state index in [1.165, 1.54) is 37.7 Å². The van der Waals surface area contributed by atoms with Crippen LogP contribution in [0.4, 0.5) is 0 Å². The minimum atomic E-state index is -0.143. The van der Waals surface area contributed by atoms with E-state index < -0.39 is 0 Å². The van der Waals surface area contributed by atoms with Gasteiger partial charge >= 0.3 is 0 Å². The van der Waals surface area contributed by atoms with Gasteiger partial charge in [-0.05, 0) is 48.1 Å². The molecule has 0 unspecified atom stereocenters. The predicted octanol–water partition coefficient (Wildman–Crippen LogP) is 5.17. The van der Waals surface area contributed by atoms with E-state index in [9.17, 15) is 4.79 Å². The van der Waals surface area contributed by atoms with E-state index >= 15 is 0 Å². The molecule has 1 aliphatic heterocycles. The Morgan fingerprint density at radius 3 is 2.59 bits per heavy atom. The molecule has 5 nitrogen and oxygen atoms in total. The second kappa shape index (κ2) is 12.6. The highest BCUT2D eigenvalue weighted by molar-refractivity contribution is 6.31. The molecule has 4 rings (SSSR count). The molecule has 34 heavy (non-hydrogen) atoms. The number of benzene rings is 2. The predicted molar refractivity (Wildman–Crippen MR) is 138 cm³/mol. The number of carbonyl (C=O) groups is 1. The summed E-state index contributed by atoms with van der Waals surface area (Å²) in [5.41, 5.74) is 2.28. The first-order valence-corrected chi connectivity index (χ1v) is 13.1. The molecule has 0 bridgehead atoms. The Kier molecular flexibility index (Phi) is 9.25. The van der Waals surface area contributed by atoms with Gasteiger partial charge in [0.2, 0.25) is 5.91 Å². The van der Waals surface area contributed by atoms with Crippen molar-refractivity contribution in [2.75, 3.05) is 20.2 Å². The standard InChI is InChI=1S/C28H38ClN3O2/c1-34-25-13-11-22(12-14-25)18-31-24-17-27(28(33)30-16-15-21-7-3-2-4-8-21)32(20-24)19-23-9-5-6-10-26(23)29/h5-6,9-14,21,24,27,31H,2-4,7-8,15-20H2,1H3,(H,30,33)/t24-,27-/m0/s1. The molecule has 2 atom stereocenters. The zero-order chi connectivity index (χ0) is 23.8. The van der Waals surface area contributed by atoms with Gasteiger partial charge in [0.1, 0.15) is 5.75 Å². The number of hydrogen-bond acceptors (Lipinski definition) is 4. The summed E-state index contributed by atoms with van der Waals surface area (Å²) in [7, 11) is 1.68. The summed E-state index contributed by atoms with van der Waals surface area (Å²) in [5, 5.41) is 7.67. The van der Waals surface area contributed by atoms with E-state index in [4.69, 9.17) is 16.3 Å². The third-order valence-corrected chi connectivity index (χ3v) is 7.74. The maximum Gasteiger partial charge on any atom is 0.237 e. The third-order valence-electron chi connectivity index (χ3n) is 7.37. The van der Waals surface area contributed by atoms with E-state index in [-0.39, 0.29) is 18.0 Å². The Bertz CT molecular complexity index is 914. The second-order valence-electron chi connectivity index (χ2n) is 9.78. The molecule has 1 aliphatic carbocycles. The minimum Gasteiger partial charge on any atom is -0.497 e. The van der Waals surface area contributed by atoms with Crippen molar-refractivity contribution in [2.24, 2.45) is 5.92 Å². The topological polar surface area (TPSA) is 53.6 Å². The van der Waals surface area contributed by atoms with Gasteiger partial charge in [-0.3, -0.25) is 9.69 Å². The van der Waals surface area contributed by atoms with E-state index in [0.29, 0.717) is 6.54 Å². The molecule has 1 saturated heterocycles. The number of methoxy groups -OCH3 is 1. The normalized spacial score (nSPS) is 21.5. The van der Waals surface area contributed by atoms with Crippen molar-refractivity contribution >= 4 is 17.5 Å². The highest BCUT2D eigenvalue weighted by Gasteiger charge is 2.36. The molecule has 0 spiro atoms. The van der Waals surface area contributed by atoms with Gasteiger partial charge in [-0.2, -0.15) is 0 Å². The average Bonchev–Trinajstić information content (AvgIpc) is 3.28. The van der Waals surface area contributed by atoms with Crippen molar-refractivity contribution in [3.8, 4) is 5.75 Å². The van der Waals surface area contributed by atoms with Crippen molar-refractivity contribution in [1.82, 2.24) is 15.5 Å². The lowest BCUT2D eigenvalue weighted by Gasteiger charge is -2.25. The van der Waals surface area contributed by atoms with E-state index in [1.807, 2.05) is 30.3 Å². The van der Waals surface area contributed by atoms with Crippen molar-refractivity contribution < 1.29 is 9.53 Å². The van der Waals surface area contributed by atoms with Crippen LogP contribution in [0.15, 0.2) is 48.5 Å². The zero-order valence-electron chi connectivity index (χ0n) is 20.3. The Morgan fingerprint density at radius 1 is 1.09 bits per heavy atom. The number of halogens is 1. The number of ether oxygens (including phenoxy) is 1. The summed E-state index contributed by atoms with van der Waals surface area (Å²) in [6.07, 6.45) is 8.58. The maximum atomic E-state index is 13.2. The summed E-state index contributed by atoms with van der Waals surface area (Å²) in [6, 6.07) is 16.2. The molecule has 1 saturated carbocycles. The minimum absolute atomic E-state index is 0.143. The number of amides is 1. The summed E-state index contributed by atoms with van der Waals surface area (Å²) < 4.78 is 5.26. The Balaban J connectivity index is 1.35. The fourth-order valence-corrected chi connectivity index (χ4v) is 5.54. The van der Waals surface area contributed by atoms with Crippen molar-refractivity contribution in [3.63, 3.8) is 0 Å². The van der Waals surface area contributed by atoms with Crippen LogP contribution in [-0.4, -0.2) is 43.1 Å². The average molecular weight is 484 g/mol. The molecule has 2 N–H and O–H groups in total. The van der Waals surface area contributed by atoms with Crippen molar-refractivity contribution in [3.05, 3.63) is 64.7 Å². The van der Waals surface area contributed by atoms with Crippen LogP contribution in [0.5, 0.6) is 5.75 Å². The molecule has 1 amide bonds. The van der Waals surface area contributed by atoms with Gasteiger partial charge in [-0.25, -0.2) is 0 Å². The van der Waals surface area contributed by atoms with Gasteiger partial charge in [-0.1, -0.05) is 74.0 Å². The van der Waals surface area contributed by atoms with Crippen LogP contribution in [0.25, 0.3) is 0 Å². The Labute approximate surface area is 209 Å². The third kappa shape index (κ3) is 6.97. The van der Waals surface area contributed by atoms with E-state index in [0.717, 1.165) is 54.7 Å². The monoisotopic (exact) mass is 483 g/mol. The number of nitrogens with one attached hydrogen (secondary N) is 2. The fourth-order valence-electron chi connectivity index (χ4n) is 5.34. The number of nitrogens with zero attached hydrogens (tertiary/aromatic N) is 1. The summed E-state index contributed by atoms with van der Waals surface area (Å²) >= 11 is 6.45. The van der Waals surface area contributed by atoms with Gasteiger partial charge < -0.3 is 15.4 Å². The quantitative estimate of drug-likeness (QED) is 0.489. The van der Waals surface area contributed by atoms with E-state index in [1.54, 1.807) is 7.11 Å². The first-order chi connectivity index (χ1) is 16.6. The van der Waals surface area contributed by atoms with Crippen LogP contribution in [0.1, 0.15) is 56.1 Å². The van der Waals surface area contributed by atoms with Crippen LogP contribution < -0.4 is 15.4 Å². The molecule has 0 radical (unpaired) electrons. The number of rotatable bonds is 10. The van der Waals surface area contributed by atoms with Crippen molar-refractivity contribution in [1.29, 1.82) is 0 Å². The van der Waals surface area contributed by atoms with Gasteiger partial charge in [0, 0.05) is 37.2 Å². The van der Waals surface area contributed by atoms with Crippen LogP contribution in [-0.2, 0) is 17.9 Å². The van der Waals surface area contributed by atoms with Gasteiger partial charge in [-0.15, -0.1) is 0 Å². The van der Waals surface area contributed by atoms with Crippen LogP contribution in [0.2, 0.25) is 5.02 Å². The smallest absolute Gasteiger partial charge is 0.237 e. The molecule has 2 fully saturated rings. The summed E-state index contributed by atoms with van der Waals surface area (Å²) in [6.45, 7) is 3.05.